The number of ether oxygens (including phenoxy) is 2. The van der Waals surface area contributed by atoms with Gasteiger partial charge in [-0.3, -0.25) is 4.79 Å². The monoisotopic (exact) mass is 472 g/mol. The summed E-state index contributed by atoms with van der Waals surface area (Å²) in [4.78, 5) is 12.9. The van der Waals surface area contributed by atoms with Crippen LogP contribution >= 0.6 is 0 Å². The molecule has 3 rings (SSSR count). The fraction of sp³-hybridized carbons (Fsp3) is 0.208. The van der Waals surface area contributed by atoms with E-state index >= 15 is 0 Å². The molecule has 33 heavy (non-hydrogen) atoms. The Morgan fingerprint density at radius 1 is 0.970 bits per heavy atom. The van der Waals surface area contributed by atoms with Gasteiger partial charge in [0, 0.05) is 19.8 Å². The van der Waals surface area contributed by atoms with Gasteiger partial charge in [-0.1, -0.05) is 24.3 Å². The molecule has 1 N–H and O–H groups in total. The molecule has 0 heterocycles. The first kappa shape index (κ1) is 24.2. The number of halogens is 1. The summed E-state index contributed by atoms with van der Waals surface area (Å²) in [6, 6.07) is 17.0. The zero-order valence-corrected chi connectivity index (χ0v) is 19.4. The Labute approximate surface area is 192 Å². The minimum Gasteiger partial charge on any atom is -0.492 e. The van der Waals surface area contributed by atoms with Gasteiger partial charge in [0.05, 0.1) is 12.2 Å². The van der Waals surface area contributed by atoms with Gasteiger partial charge in [-0.25, -0.2) is 17.1 Å². The molecule has 0 aromatic heterocycles. The number of nitrogens with zero attached hydrogens (tertiary/aromatic N) is 1. The second-order valence-electron chi connectivity index (χ2n) is 7.25. The molecule has 0 spiro atoms. The Morgan fingerprint density at radius 3 is 2.33 bits per heavy atom. The van der Waals surface area contributed by atoms with Crippen LogP contribution in [0.5, 0.6) is 11.5 Å². The van der Waals surface area contributed by atoms with Gasteiger partial charge in [-0.2, -0.15) is 0 Å². The average Bonchev–Trinajstić information content (AvgIpc) is 2.80. The van der Waals surface area contributed by atoms with Crippen LogP contribution in [0.4, 0.5) is 10.1 Å². The molecule has 0 saturated carbocycles. The molecule has 0 atom stereocenters. The van der Waals surface area contributed by atoms with Crippen molar-refractivity contribution < 1.29 is 27.1 Å². The van der Waals surface area contributed by atoms with Crippen LogP contribution < -0.4 is 14.8 Å². The molecule has 174 valence electrons. The lowest BCUT2D eigenvalue weighted by atomic mass is 10.1. The second-order valence-corrected chi connectivity index (χ2v) is 9.37. The van der Waals surface area contributed by atoms with Crippen LogP contribution in [-0.2, 0) is 16.6 Å². The van der Waals surface area contributed by atoms with Crippen molar-refractivity contribution in [3.63, 3.8) is 0 Å². The lowest BCUT2D eigenvalue weighted by molar-refractivity contribution is 0.102. The summed E-state index contributed by atoms with van der Waals surface area (Å²) in [5.74, 6) is -0.273. The maximum atomic E-state index is 13.1. The van der Waals surface area contributed by atoms with E-state index in [1.165, 1.54) is 38.4 Å². The lowest BCUT2D eigenvalue weighted by Crippen LogP contribution is -2.23. The van der Waals surface area contributed by atoms with Crippen LogP contribution in [0.25, 0.3) is 0 Å². The van der Waals surface area contributed by atoms with E-state index in [1.807, 2.05) is 0 Å². The topological polar surface area (TPSA) is 84.9 Å². The molecule has 7 nitrogen and oxygen atoms in total. The standard InChI is InChI=1S/C24H25FN2O5S/c1-4-31-22-14-13-19(15-23(22)33(29,30)27(2)3)26-24(28)20-7-5-6-8-21(20)32-16-17-9-11-18(25)12-10-17/h5-15H,4,16H2,1-3H3,(H,26,28). The Morgan fingerprint density at radius 2 is 1.67 bits per heavy atom. The summed E-state index contributed by atoms with van der Waals surface area (Å²) in [7, 11) is -0.954. The number of hydrogen-bond acceptors (Lipinski definition) is 5. The maximum absolute atomic E-state index is 13.1. The van der Waals surface area contributed by atoms with Gasteiger partial charge < -0.3 is 14.8 Å². The van der Waals surface area contributed by atoms with E-state index in [2.05, 4.69) is 5.32 Å². The first-order valence-electron chi connectivity index (χ1n) is 10.2. The predicted molar refractivity (Wildman–Crippen MR) is 124 cm³/mol. The van der Waals surface area contributed by atoms with Gasteiger partial charge in [0.15, 0.2) is 0 Å². The van der Waals surface area contributed by atoms with E-state index < -0.39 is 15.9 Å². The lowest BCUT2D eigenvalue weighted by Gasteiger charge is -2.17. The first-order chi connectivity index (χ1) is 15.7. The Kier molecular flexibility index (Phi) is 7.67. The molecule has 0 aliphatic heterocycles. The summed E-state index contributed by atoms with van der Waals surface area (Å²) >= 11 is 0. The van der Waals surface area contributed by atoms with Crippen LogP contribution in [0.15, 0.2) is 71.6 Å². The Hall–Kier alpha value is -3.43. The van der Waals surface area contributed by atoms with Gasteiger partial charge in [0.1, 0.15) is 28.8 Å². The number of hydrogen-bond donors (Lipinski definition) is 1. The van der Waals surface area contributed by atoms with Crippen molar-refractivity contribution in [3.8, 4) is 11.5 Å². The molecule has 0 aliphatic carbocycles. The minimum absolute atomic E-state index is 0.0482. The number of carbonyl (C=O) groups excluding carboxylic acids is 1. The molecular weight excluding hydrogens is 447 g/mol. The van der Waals surface area contributed by atoms with Crippen LogP contribution in [-0.4, -0.2) is 39.3 Å². The third-order valence-electron chi connectivity index (χ3n) is 4.70. The molecular formula is C24H25FN2O5S. The van der Waals surface area contributed by atoms with E-state index in [4.69, 9.17) is 9.47 Å². The van der Waals surface area contributed by atoms with Crippen LogP contribution in [0.1, 0.15) is 22.8 Å². The number of para-hydroxylation sites is 1. The SMILES string of the molecule is CCOc1ccc(NC(=O)c2ccccc2OCc2ccc(F)cc2)cc1S(=O)(=O)N(C)C. The van der Waals surface area contributed by atoms with Gasteiger partial charge in [-0.15, -0.1) is 0 Å². The molecule has 0 radical (unpaired) electrons. The van der Waals surface area contributed by atoms with E-state index in [9.17, 15) is 17.6 Å². The number of carbonyl (C=O) groups is 1. The van der Waals surface area contributed by atoms with Gasteiger partial charge in [0.2, 0.25) is 10.0 Å². The zero-order chi connectivity index (χ0) is 24.0. The Balaban J connectivity index is 1.83. The van der Waals surface area contributed by atoms with E-state index in [0.29, 0.717) is 12.4 Å². The highest BCUT2D eigenvalue weighted by Crippen LogP contribution is 2.30. The van der Waals surface area contributed by atoms with Crippen molar-refractivity contribution in [2.75, 3.05) is 26.0 Å². The first-order valence-corrected chi connectivity index (χ1v) is 11.6. The van der Waals surface area contributed by atoms with E-state index in [0.717, 1.165) is 9.87 Å². The van der Waals surface area contributed by atoms with E-state index in [-0.39, 0.29) is 34.3 Å². The number of nitrogens with one attached hydrogen (secondary N) is 1. The van der Waals surface area contributed by atoms with Crippen molar-refractivity contribution >= 4 is 21.6 Å². The van der Waals surface area contributed by atoms with Crippen LogP contribution in [0, 0.1) is 5.82 Å². The molecule has 0 fully saturated rings. The highest BCUT2D eigenvalue weighted by Gasteiger charge is 2.23. The van der Waals surface area contributed by atoms with Gasteiger partial charge >= 0.3 is 0 Å². The highest BCUT2D eigenvalue weighted by molar-refractivity contribution is 7.89. The fourth-order valence-corrected chi connectivity index (χ4v) is 4.03. The van der Waals surface area contributed by atoms with Crippen molar-refractivity contribution in [2.24, 2.45) is 0 Å². The quantitative estimate of drug-likeness (QED) is 0.502. The third kappa shape index (κ3) is 5.88. The molecule has 0 bridgehead atoms. The highest BCUT2D eigenvalue weighted by atomic mass is 32.2. The molecule has 3 aromatic rings. The largest absolute Gasteiger partial charge is 0.492 e. The molecule has 0 unspecified atom stereocenters. The van der Waals surface area contributed by atoms with Crippen molar-refractivity contribution in [3.05, 3.63) is 83.7 Å². The average molecular weight is 473 g/mol. The molecule has 0 aliphatic rings. The summed E-state index contributed by atoms with van der Waals surface area (Å²) < 4.78 is 50.9. The Bertz CT molecular complexity index is 1230. The maximum Gasteiger partial charge on any atom is 0.259 e. The number of sulfonamides is 1. The predicted octanol–water partition coefficient (Wildman–Crippen LogP) is 4.31. The molecule has 9 heteroatoms. The number of rotatable bonds is 9. The van der Waals surface area contributed by atoms with Gasteiger partial charge in [-0.05, 0) is 55.0 Å². The minimum atomic E-state index is -3.80. The second kappa shape index (κ2) is 10.5. The molecule has 3 aromatic carbocycles. The van der Waals surface area contributed by atoms with Crippen molar-refractivity contribution in [1.82, 2.24) is 4.31 Å². The van der Waals surface area contributed by atoms with E-state index in [1.54, 1.807) is 49.4 Å². The summed E-state index contributed by atoms with van der Waals surface area (Å²) in [6.07, 6.45) is 0. The number of anilines is 1. The summed E-state index contributed by atoms with van der Waals surface area (Å²) in [5, 5.41) is 2.72. The fourth-order valence-electron chi connectivity index (χ4n) is 2.98. The smallest absolute Gasteiger partial charge is 0.259 e. The van der Waals surface area contributed by atoms with Crippen molar-refractivity contribution in [1.29, 1.82) is 0 Å². The van der Waals surface area contributed by atoms with Gasteiger partial charge in [0.25, 0.3) is 5.91 Å². The molecule has 0 saturated heterocycles. The van der Waals surface area contributed by atoms with Crippen molar-refractivity contribution in [2.45, 2.75) is 18.4 Å². The number of amides is 1. The number of benzene rings is 3. The van der Waals surface area contributed by atoms with Crippen LogP contribution in [0.3, 0.4) is 0 Å². The normalized spacial score (nSPS) is 11.3. The summed E-state index contributed by atoms with van der Waals surface area (Å²) in [5.41, 5.74) is 1.30. The summed E-state index contributed by atoms with van der Waals surface area (Å²) in [6.45, 7) is 2.20. The van der Waals surface area contributed by atoms with Crippen LogP contribution in [0.2, 0.25) is 0 Å². The molecule has 1 amide bonds. The zero-order valence-electron chi connectivity index (χ0n) is 18.5. The third-order valence-corrected chi connectivity index (χ3v) is 6.54.